The minimum absolute atomic E-state index is 0. The fraction of sp³-hybridized carbons (Fsp3) is 0. The first-order valence-electron chi connectivity index (χ1n) is 4.60. The van der Waals surface area contributed by atoms with Gasteiger partial charge in [0, 0.05) is 32.7 Å². The summed E-state index contributed by atoms with van der Waals surface area (Å²) in [7, 11) is 0. The summed E-state index contributed by atoms with van der Waals surface area (Å²) < 4.78 is 0. The van der Waals surface area contributed by atoms with Crippen LogP contribution in [0.2, 0.25) is 0 Å². The van der Waals surface area contributed by atoms with Crippen LogP contribution < -0.4 is 0 Å². The minimum Gasteiger partial charge on any atom is -0.386 e. The van der Waals surface area contributed by atoms with Crippen molar-refractivity contribution in [3.63, 3.8) is 0 Å². The average molecular weight is 267 g/mol. The van der Waals surface area contributed by atoms with Gasteiger partial charge in [0.25, 0.3) is 0 Å². The third-order valence-electron chi connectivity index (χ3n) is 2.45. The molecule has 0 amide bonds. The van der Waals surface area contributed by atoms with Gasteiger partial charge in [0.05, 0.1) is 0 Å². The van der Waals surface area contributed by atoms with Gasteiger partial charge in [-0.25, -0.2) is 0 Å². The van der Waals surface area contributed by atoms with E-state index < -0.39 is 0 Å². The molecular formula is C13H8NY-. The van der Waals surface area contributed by atoms with Gasteiger partial charge in [-0.2, -0.15) is 12.1 Å². The number of hydrogen-bond acceptors (Lipinski definition) is 1. The molecule has 3 aromatic rings. The molecule has 2 aromatic carbocycles. The van der Waals surface area contributed by atoms with Crippen molar-refractivity contribution in [3.8, 4) is 0 Å². The van der Waals surface area contributed by atoms with E-state index in [0.717, 1.165) is 5.52 Å². The molecule has 0 aliphatic carbocycles. The molecule has 0 spiro atoms. The molecule has 0 bridgehead atoms. The monoisotopic (exact) mass is 267 g/mol. The Morgan fingerprint density at radius 2 is 1.67 bits per heavy atom. The molecule has 0 unspecified atom stereocenters. The van der Waals surface area contributed by atoms with Crippen LogP contribution in [-0.2, 0) is 32.7 Å². The Morgan fingerprint density at radius 3 is 2.60 bits per heavy atom. The molecule has 0 saturated heterocycles. The average Bonchev–Trinajstić information content (AvgIpc) is 2.29. The van der Waals surface area contributed by atoms with Gasteiger partial charge < -0.3 is 4.98 Å². The predicted octanol–water partition coefficient (Wildman–Crippen LogP) is 3.19. The Morgan fingerprint density at radius 1 is 0.867 bits per heavy atom. The molecule has 0 fully saturated rings. The summed E-state index contributed by atoms with van der Waals surface area (Å²) >= 11 is 0. The maximum Gasteiger partial charge on any atom is 0 e. The van der Waals surface area contributed by atoms with Gasteiger partial charge in [-0.3, -0.25) is 0 Å². The number of fused-ring (bicyclic) bond motifs is 3. The van der Waals surface area contributed by atoms with E-state index in [2.05, 4.69) is 35.4 Å². The molecule has 0 N–H and O–H groups in total. The maximum absolute atomic E-state index is 4.28. The van der Waals surface area contributed by atoms with Crippen molar-refractivity contribution in [1.82, 2.24) is 4.98 Å². The van der Waals surface area contributed by atoms with Crippen LogP contribution in [0.1, 0.15) is 0 Å². The number of benzene rings is 2. The normalized spacial score (nSPS) is 10.1. The van der Waals surface area contributed by atoms with Gasteiger partial charge in [0.2, 0.25) is 0 Å². The Hall–Kier alpha value is -0.786. The Labute approximate surface area is 113 Å². The topological polar surface area (TPSA) is 12.9 Å². The molecule has 0 atom stereocenters. The van der Waals surface area contributed by atoms with Crippen LogP contribution in [0.15, 0.2) is 48.5 Å². The largest absolute Gasteiger partial charge is 0.386 e. The van der Waals surface area contributed by atoms with Crippen LogP contribution >= 0.6 is 0 Å². The molecule has 3 rings (SSSR count). The third kappa shape index (κ3) is 1.82. The number of rotatable bonds is 0. The number of aromatic nitrogens is 1. The zero-order valence-electron chi connectivity index (χ0n) is 8.14. The molecule has 1 radical (unpaired) electrons. The number of hydrogen-bond donors (Lipinski definition) is 0. The van der Waals surface area contributed by atoms with Crippen molar-refractivity contribution in [2.75, 3.05) is 0 Å². The molecule has 1 nitrogen and oxygen atoms in total. The van der Waals surface area contributed by atoms with Gasteiger partial charge in [0.15, 0.2) is 0 Å². The molecule has 0 saturated carbocycles. The van der Waals surface area contributed by atoms with E-state index in [1.54, 1.807) is 0 Å². The van der Waals surface area contributed by atoms with Crippen LogP contribution in [0.25, 0.3) is 21.7 Å². The van der Waals surface area contributed by atoms with Crippen LogP contribution in [-0.4, -0.2) is 4.98 Å². The van der Waals surface area contributed by atoms with E-state index in [4.69, 9.17) is 0 Å². The first-order valence-corrected chi connectivity index (χ1v) is 4.60. The van der Waals surface area contributed by atoms with E-state index in [-0.39, 0.29) is 32.7 Å². The second-order valence-electron chi connectivity index (χ2n) is 3.30. The number of pyridine rings is 1. The molecule has 0 aliphatic rings. The summed E-state index contributed by atoms with van der Waals surface area (Å²) in [6.45, 7) is 0. The van der Waals surface area contributed by atoms with Gasteiger partial charge in [-0.05, 0) is 16.3 Å². The Kier molecular flexibility index (Phi) is 3.13. The minimum atomic E-state index is 0. The fourth-order valence-electron chi connectivity index (χ4n) is 1.76. The van der Waals surface area contributed by atoms with E-state index in [9.17, 15) is 0 Å². The first kappa shape index (κ1) is 10.7. The maximum atomic E-state index is 4.28. The van der Waals surface area contributed by atoms with Crippen molar-refractivity contribution >= 4 is 21.7 Å². The zero-order valence-corrected chi connectivity index (χ0v) is 11.0. The van der Waals surface area contributed by atoms with Gasteiger partial charge >= 0.3 is 0 Å². The summed E-state index contributed by atoms with van der Waals surface area (Å²) in [5, 5.41) is 3.59. The van der Waals surface area contributed by atoms with Crippen LogP contribution in [0.4, 0.5) is 0 Å². The van der Waals surface area contributed by atoms with Gasteiger partial charge in [-0.15, -0.1) is 5.39 Å². The van der Waals surface area contributed by atoms with Gasteiger partial charge in [-0.1, -0.05) is 42.6 Å². The standard InChI is InChI=1S/C13H8N.Y/c1-2-6-12-10(4-1)7-8-11-5-3-9-14-13(11)12;/h1-8H;/q-1;. The van der Waals surface area contributed by atoms with E-state index in [1.165, 1.54) is 16.2 Å². The number of nitrogens with zero attached hydrogens (tertiary/aromatic N) is 1. The van der Waals surface area contributed by atoms with Gasteiger partial charge in [0.1, 0.15) is 0 Å². The molecular weight excluding hydrogens is 259 g/mol. The Bertz CT molecular complexity index is 550. The SMILES string of the molecule is [Y].[c-]1ccc2ccc3ccccc3c2n1. The van der Waals surface area contributed by atoms with Crippen LogP contribution in [0.5, 0.6) is 0 Å². The third-order valence-corrected chi connectivity index (χ3v) is 2.45. The second-order valence-corrected chi connectivity index (χ2v) is 3.30. The summed E-state index contributed by atoms with van der Waals surface area (Å²) in [5.41, 5.74) is 1.03. The molecule has 15 heavy (non-hydrogen) atoms. The van der Waals surface area contributed by atoms with E-state index >= 15 is 0 Å². The van der Waals surface area contributed by atoms with E-state index in [0.29, 0.717) is 0 Å². The summed E-state index contributed by atoms with van der Waals surface area (Å²) in [4.78, 5) is 4.28. The van der Waals surface area contributed by atoms with Crippen molar-refractivity contribution in [2.45, 2.75) is 0 Å². The van der Waals surface area contributed by atoms with Crippen molar-refractivity contribution in [2.24, 2.45) is 0 Å². The van der Waals surface area contributed by atoms with Crippen molar-refractivity contribution in [3.05, 3.63) is 54.7 Å². The second kappa shape index (κ2) is 4.38. The molecule has 69 valence electrons. The van der Waals surface area contributed by atoms with Crippen LogP contribution in [0.3, 0.4) is 0 Å². The predicted molar refractivity (Wildman–Crippen MR) is 58.1 cm³/mol. The summed E-state index contributed by atoms with van der Waals surface area (Å²) in [6, 6.07) is 16.4. The summed E-state index contributed by atoms with van der Waals surface area (Å²) in [5.74, 6) is 0. The molecule has 1 aromatic heterocycles. The zero-order chi connectivity index (χ0) is 9.38. The van der Waals surface area contributed by atoms with Crippen molar-refractivity contribution < 1.29 is 32.7 Å². The molecule has 0 aliphatic heterocycles. The first-order chi connectivity index (χ1) is 6.95. The van der Waals surface area contributed by atoms with Crippen LogP contribution in [0, 0.1) is 6.20 Å². The fourth-order valence-corrected chi connectivity index (χ4v) is 1.76. The molecule has 1 heterocycles. The quantitative estimate of drug-likeness (QED) is 0.450. The molecule has 2 heteroatoms. The smallest absolute Gasteiger partial charge is 0 e. The summed E-state index contributed by atoms with van der Waals surface area (Å²) in [6.07, 6.45) is 2.88. The Balaban J connectivity index is 0.000000853. The van der Waals surface area contributed by atoms with Crippen molar-refractivity contribution in [1.29, 1.82) is 0 Å². The van der Waals surface area contributed by atoms with E-state index in [1.807, 2.05) is 24.3 Å².